The van der Waals surface area contributed by atoms with Crippen LogP contribution in [-0.2, 0) is 25.7 Å². The van der Waals surface area contributed by atoms with Crippen molar-refractivity contribution < 1.29 is 19.1 Å². The molecular formula is C17H24ClNO4. The molecule has 0 heterocycles. The van der Waals surface area contributed by atoms with Gasteiger partial charge in [0.2, 0.25) is 5.91 Å². The van der Waals surface area contributed by atoms with Crippen molar-refractivity contribution in [2.75, 3.05) is 0 Å². The predicted molar refractivity (Wildman–Crippen MR) is 88.9 cm³/mol. The summed E-state index contributed by atoms with van der Waals surface area (Å²) in [5.74, 6) is -1.16. The molecule has 6 heteroatoms. The van der Waals surface area contributed by atoms with Gasteiger partial charge in [-0.15, -0.1) is 11.6 Å². The zero-order chi connectivity index (χ0) is 17.7. The van der Waals surface area contributed by atoms with E-state index in [0.717, 1.165) is 5.56 Å². The number of amides is 1. The highest BCUT2D eigenvalue weighted by molar-refractivity contribution is 6.23. The molecule has 1 aromatic rings. The van der Waals surface area contributed by atoms with Crippen molar-refractivity contribution in [1.29, 1.82) is 0 Å². The van der Waals surface area contributed by atoms with Crippen LogP contribution in [0.3, 0.4) is 0 Å². The van der Waals surface area contributed by atoms with Gasteiger partial charge in [-0.05, 0) is 33.3 Å². The molecule has 1 N–H and O–H groups in total. The van der Waals surface area contributed by atoms with E-state index in [0.29, 0.717) is 0 Å². The number of benzene rings is 1. The molecule has 0 saturated heterocycles. The molecule has 5 nitrogen and oxygen atoms in total. The third-order valence-electron chi connectivity index (χ3n) is 2.93. The number of esters is 1. The van der Waals surface area contributed by atoms with Crippen molar-refractivity contribution in [3.05, 3.63) is 35.9 Å². The Morgan fingerprint density at radius 2 is 1.78 bits per heavy atom. The molecule has 0 aliphatic carbocycles. The van der Waals surface area contributed by atoms with Crippen LogP contribution in [0.1, 0.15) is 40.2 Å². The first-order valence-electron chi connectivity index (χ1n) is 7.41. The van der Waals surface area contributed by atoms with Gasteiger partial charge in [0.15, 0.2) is 0 Å². The van der Waals surface area contributed by atoms with Crippen LogP contribution in [0.4, 0.5) is 0 Å². The Hall–Kier alpha value is -1.59. The van der Waals surface area contributed by atoms with Gasteiger partial charge < -0.3 is 14.8 Å². The Bertz CT molecular complexity index is 539. The lowest BCUT2D eigenvalue weighted by Crippen LogP contribution is -2.62. The molecule has 0 saturated carbocycles. The van der Waals surface area contributed by atoms with Crippen LogP contribution in [-0.4, -0.2) is 28.6 Å². The first-order chi connectivity index (χ1) is 10.6. The van der Waals surface area contributed by atoms with Crippen LogP contribution in [0.15, 0.2) is 30.3 Å². The summed E-state index contributed by atoms with van der Waals surface area (Å²) >= 11 is 6.19. The van der Waals surface area contributed by atoms with E-state index in [9.17, 15) is 9.59 Å². The van der Waals surface area contributed by atoms with E-state index in [1.807, 2.05) is 30.3 Å². The largest absolute Gasteiger partial charge is 0.456 e. The molecule has 23 heavy (non-hydrogen) atoms. The molecule has 1 aromatic carbocycles. The molecule has 0 radical (unpaired) electrons. The molecule has 128 valence electrons. The fourth-order valence-corrected chi connectivity index (χ4v) is 2.12. The highest BCUT2D eigenvalue weighted by Gasteiger charge is 2.48. The van der Waals surface area contributed by atoms with E-state index in [1.165, 1.54) is 6.92 Å². The van der Waals surface area contributed by atoms with E-state index >= 15 is 0 Å². The number of halogens is 1. The van der Waals surface area contributed by atoms with E-state index in [4.69, 9.17) is 21.1 Å². The summed E-state index contributed by atoms with van der Waals surface area (Å²) in [6.07, 6.45) is 0. The quantitative estimate of drug-likeness (QED) is 0.491. The molecule has 0 bridgehead atoms. The van der Waals surface area contributed by atoms with Crippen LogP contribution in [0, 0.1) is 0 Å². The summed E-state index contributed by atoms with van der Waals surface area (Å²) in [6.45, 7) is 8.19. The molecule has 1 amide bonds. The van der Waals surface area contributed by atoms with Crippen molar-refractivity contribution in [3.63, 3.8) is 0 Å². The molecule has 1 rings (SSSR count). The third kappa shape index (κ3) is 5.84. The molecule has 0 spiro atoms. The number of carbonyl (C=O) groups is 2. The Kier molecular flexibility index (Phi) is 6.59. The van der Waals surface area contributed by atoms with Crippen molar-refractivity contribution in [2.45, 2.75) is 57.9 Å². The monoisotopic (exact) mass is 341 g/mol. The van der Waals surface area contributed by atoms with Crippen LogP contribution in [0.25, 0.3) is 0 Å². The molecule has 0 aliphatic heterocycles. The maximum absolute atomic E-state index is 12.6. The fraction of sp³-hybridized carbons (Fsp3) is 0.529. The van der Waals surface area contributed by atoms with Crippen molar-refractivity contribution in [2.24, 2.45) is 0 Å². The Labute approximate surface area is 142 Å². The van der Waals surface area contributed by atoms with E-state index in [-0.39, 0.29) is 6.61 Å². The highest BCUT2D eigenvalue weighted by atomic mass is 35.5. The van der Waals surface area contributed by atoms with Gasteiger partial charge in [0.05, 0.1) is 12.0 Å². The minimum Gasteiger partial charge on any atom is -0.456 e. The van der Waals surface area contributed by atoms with Crippen LogP contribution in [0.5, 0.6) is 0 Å². The fourth-order valence-electron chi connectivity index (χ4n) is 1.91. The SMILES string of the molecule is CC(=O)NC(OCc1ccccc1)(C(=O)OC(C)(C)C)C(C)Cl. The molecule has 0 aromatic heterocycles. The average molecular weight is 342 g/mol. The molecule has 0 fully saturated rings. The van der Waals surface area contributed by atoms with E-state index < -0.39 is 28.6 Å². The standard InChI is InChI=1S/C17H24ClNO4/c1-12(18)17(19-13(2)20,15(21)23-16(3,4)5)22-11-14-9-7-6-8-10-14/h6-10,12H,11H2,1-5H3,(H,19,20). The maximum Gasteiger partial charge on any atom is 0.362 e. The number of rotatable bonds is 6. The van der Waals surface area contributed by atoms with Gasteiger partial charge >= 0.3 is 5.97 Å². The lowest BCUT2D eigenvalue weighted by molar-refractivity contribution is -0.192. The maximum atomic E-state index is 12.6. The molecular weight excluding hydrogens is 318 g/mol. The number of carbonyl (C=O) groups excluding carboxylic acids is 2. The second-order valence-corrected chi connectivity index (χ2v) is 6.96. The second kappa shape index (κ2) is 7.79. The van der Waals surface area contributed by atoms with Gasteiger partial charge in [-0.25, -0.2) is 4.79 Å². The summed E-state index contributed by atoms with van der Waals surface area (Å²) in [6, 6.07) is 9.30. The number of ether oxygens (including phenoxy) is 2. The first kappa shape index (κ1) is 19.5. The van der Waals surface area contributed by atoms with Gasteiger partial charge in [0, 0.05) is 6.92 Å². The summed E-state index contributed by atoms with van der Waals surface area (Å²) in [4.78, 5) is 24.2. The Morgan fingerprint density at radius 1 is 1.22 bits per heavy atom. The lowest BCUT2D eigenvalue weighted by Gasteiger charge is -2.36. The normalized spacial score (nSPS) is 15.4. The van der Waals surface area contributed by atoms with Crippen molar-refractivity contribution in [1.82, 2.24) is 5.32 Å². The highest BCUT2D eigenvalue weighted by Crippen LogP contribution is 2.25. The van der Waals surface area contributed by atoms with Gasteiger partial charge in [-0.3, -0.25) is 4.79 Å². The van der Waals surface area contributed by atoms with Gasteiger partial charge in [0.25, 0.3) is 5.72 Å². The third-order valence-corrected chi connectivity index (χ3v) is 3.24. The summed E-state index contributed by atoms with van der Waals surface area (Å²) < 4.78 is 11.1. The molecule has 2 atom stereocenters. The van der Waals surface area contributed by atoms with E-state index in [1.54, 1.807) is 27.7 Å². The number of alkyl halides is 1. The topological polar surface area (TPSA) is 64.6 Å². The second-order valence-electron chi connectivity index (χ2n) is 6.31. The number of hydrogen-bond acceptors (Lipinski definition) is 4. The van der Waals surface area contributed by atoms with Crippen molar-refractivity contribution >= 4 is 23.5 Å². The van der Waals surface area contributed by atoms with Crippen LogP contribution >= 0.6 is 11.6 Å². The first-order valence-corrected chi connectivity index (χ1v) is 7.84. The zero-order valence-corrected chi connectivity index (χ0v) is 14.9. The zero-order valence-electron chi connectivity index (χ0n) is 14.2. The Morgan fingerprint density at radius 3 is 2.22 bits per heavy atom. The number of nitrogens with one attached hydrogen (secondary N) is 1. The van der Waals surface area contributed by atoms with Crippen LogP contribution in [0.2, 0.25) is 0 Å². The predicted octanol–water partition coefficient (Wildman–Crippen LogP) is 3.00. The Balaban J connectivity index is 3.07. The summed E-state index contributed by atoms with van der Waals surface area (Å²) in [5.41, 5.74) is -1.64. The number of hydrogen-bond donors (Lipinski definition) is 1. The smallest absolute Gasteiger partial charge is 0.362 e. The summed E-state index contributed by atoms with van der Waals surface area (Å²) in [5, 5.41) is 1.69. The minimum absolute atomic E-state index is 0.109. The molecule has 2 unspecified atom stereocenters. The average Bonchev–Trinajstić information content (AvgIpc) is 2.42. The van der Waals surface area contributed by atoms with Gasteiger partial charge in [0.1, 0.15) is 5.60 Å². The minimum atomic E-state index is -1.75. The van der Waals surface area contributed by atoms with E-state index in [2.05, 4.69) is 5.32 Å². The van der Waals surface area contributed by atoms with Gasteiger partial charge in [-0.1, -0.05) is 30.3 Å². The van der Waals surface area contributed by atoms with Gasteiger partial charge in [-0.2, -0.15) is 0 Å². The van der Waals surface area contributed by atoms with Crippen LogP contribution < -0.4 is 5.32 Å². The molecule has 0 aliphatic rings. The summed E-state index contributed by atoms with van der Waals surface area (Å²) in [7, 11) is 0. The van der Waals surface area contributed by atoms with Crippen molar-refractivity contribution in [3.8, 4) is 0 Å². The lowest BCUT2D eigenvalue weighted by atomic mass is 10.1.